The second-order valence-electron chi connectivity index (χ2n) is 11.0. The summed E-state index contributed by atoms with van der Waals surface area (Å²) in [5.74, 6) is 0. The van der Waals surface area contributed by atoms with Gasteiger partial charge in [-0.3, -0.25) is 9.36 Å². The Hall–Kier alpha value is -3.72. The predicted octanol–water partition coefficient (Wildman–Crippen LogP) is 4.91. The number of amides is 1. The SMILES string of the molecule is C[C@H](NC(=O)OC(C)(C)C)c1cc2cccc(-c3n[nH]nc3[Si](C)(C)C)c2c(=O)n1-c1ccccc1. The zero-order valence-electron chi connectivity index (χ0n) is 21.8. The van der Waals surface area contributed by atoms with E-state index in [0.29, 0.717) is 22.5 Å². The summed E-state index contributed by atoms with van der Waals surface area (Å²) in [6, 6.07) is 16.6. The summed E-state index contributed by atoms with van der Waals surface area (Å²) in [6.07, 6.45) is -0.543. The largest absolute Gasteiger partial charge is 0.444 e. The van der Waals surface area contributed by atoms with Crippen molar-refractivity contribution in [3.8, 4) is 16.9 Å². The Balaban J connectivity index is 1.95. The fraction of sp³-hybridized carbons (Fsp3) is 0.333. The smallest absolute Gasteiger partial charge is 0.408 e. The molecule has 0 aliphatic rings. The summed E-state index contributed by atoms with van der Waals surface area (Å²) in [7, 11) is -1.83. The van der Waals surface area contributed by atoms with Crippen molar-refractivity contribution in [3.63, 3.8) is 0 Å². The van der Waals surface area contributed by atoms with Crippen LogP contribution in [-0.4, -0.2) is 39.7 Å². The molecule has 2 aromatic carbocycles. The summed E-state index contributed by atoms with van der Waals surface area (Å²) in [5, 5.41) is 16.8. The fourth-order valence-electron chi connectivity index (χ4n) is 4.24. The van der Waals surface area contributed by atoms with Crippen LogP contribution in [0, 0.1) is 0 Å². The van der Waals surface area contributed by atoms with Crippen molar-refractivity contribution in [1.29, 1.82) is 0 Å². The predicted molar refractivity (Wildman–Crippen MR) is 146 cm³/mol. The van der Waals surface area contributed by atoms with Gasteiger partial charge in [-0.2, -0.15) is 15.4 Å². The van der Waals surface area contributed by atoms with Crippen molar-refractivity contribution in [2.75, 3.05) is 0 Å². The van der Waals surface area contributed by atoms with Crippen LogP contribution in [0.2, 0.25) is 19.6 Å². The molecule has 4 aromatic rings. The Morgan fingerprint density at radius 1 is 1.06 bits per heavy atom. The third-order valence-electron chi connectivity index (χ3n) is 5.78. The molecular formula is C27H33N5O3Si. The Kier molecular flexibility index (Phi) is 6.61. The van der Waals surface area contributed by atoms with Crippen LogP contribution < -0.4 is 16.2 Å². The van der Waals surface area contributed by atoms with Gasteiger partial charge >= 0.3 is 6.09 Å². The molecule has 4 rings (SSSR count). The van der Waals surface area contributed by atoms with Gasteiger partial charge in [-0.25, -0.2) is 4.79 Å². The van der Waals surface area contributed by atoms with Crippen LogP contribution >= 0.6 is 0 Å². The molecule has 2 aromatic heterocycles. The van der Waals surface area contributed by atoms with Gasteiger partial charge in [0, 0.05) is 16.9 Å². The standard InChI is InChI=1S/C27H33N5O3Si/c1-17(28-26(34)35-27(2,3)4)21-16-18-12-11-15-20(23-24(30-31-29-23)36(5,6)7)22(18)25(33)32(21)19-13-9-8-10-14-19/h8-17H,1-7H3,(H,28,34)(H,29,30,31)/t17-/m0/s1. The third-order valence-corrected chi connectivity index (χ3v) is 7.55. The molecule has 0 spiro atoms. The first-order chi connectivity index (χ1) is 16.9. The molecule has 0 radical (unpaired) electrons. The minimum atomic E-state index is -1.83. The lowest BCUT2D eigenvalue weighted by Crippen LogP contribution is -2.40. The highest BCUT2D eigenvalue weighted by atomic mass is 28.3. The molecular weight excluding hydrogens is 470 g/mol. The summed E-state index contributed by atoms with van der Waals surface area (Å²) >= 11 is 0. The molecule has 0 bridgehead atoms. The number of benzene rings is 2. The average Bonchev–Trinajstić information content (AvgIpc) is 3.28. The summed E-state index contributed by atoms with van der Waals surface area (Å²) in [5.41, 5.74) is 1.99. The number of alkyl carbamates (subject to hydrolysis) is 1. The van der Waals surface area contributed by atoms with E-state index in [1.807, 2.05) is 82.3 Å². The molecule has 8 nitrogen and oxygen atoms in total. The second kappa shape index (κ2) is 9.38. The molecule has 0 fully saturated rings. The van der Waals surface area contributed by atoms with Crippen LogP contribution in [0.15, 0.2) is 59.4 Å². The number of aromatic amines is 1. The molecule has 0 saturated heterocycles. The number of nitrogens with one attached hydrogen (secondary N) is 2. The van der Waals surface area contributed by atoms with Gasteiger partial charge in [0.15, 0.2) is 0 Å². The first kappa shape index (κ1) is 25.4. The monoisotopic (exact) mass is 503 g/mol. The summed E-state index contributed by atoms with van der Waals surface area (Å²) in [6.45, 7) is 13.9. The van der Waals surface area contributed by atoms with Gasteiger partial charge in [0.25, 0.3) is 5.56 Å². The van der Waals surface area contributed by atoms with Gasteiger partial charge < -0.3 is 10.1 Å². The van der Waals surface area contributed by atoms with E-state index in [-0.39, 0.29) is 5.56 Å². The minimum absolute atomic E-state index is 0.188. The summed E-state index contributed by atoms with van der Waals surface area (Å²) < 4.78 is 7.11. The number of pyridine rings is 1. The normalized spacial score (nSPS) is 13.0. The average molecular weight is 504 g/mol. The highest BCUT2D eigenvalue weighted by molar-refractivity contribution is 6.89. The molecule has 1 amide bonds. The van der Waals surface area contributed by atoms with Gasteiger partial charge in [-0.05, 0) is 51.3 Å². The van der Waals surface area contributed by atoms with Crippen molar-refractivity contribution >= 4 is 30.3 Å². The molecule has 1 atom stereocenters. The molecule has 2 N–H and O–H groups in total. The quantitative estimate of drug-likeness (QED) is 0.377. The topological polar surface area (TPSA) is 102 Å². The highest BCUT2D eigenvalue weighted by Crippen LogP contribution is 2.28. The Morgan fingerprint density at radius 2 is 1.75 bits per heavy atom. The van der Waals surface area contributed by atoms with Gasteiger partial charge in [-0.1, -0.05) is 56.0 Å². The molecule has 0 unspecified atom stereocenters. The van der Waals surface area contributed by atoms with Gasteiger partial charge in [0.05, 0.1) is 16.7 Å². The van der Waals surface area contributed by atoms with Crippen LogP contribution in [-0.2, 0) is 4.74 Å². The van der Waals surface area contributed by atoms with E-state index in [0.717, 1.165) is 16.3 Å². The molecule has 2 heterocycles. The number of carbonyl (C=O) groups excluding carboxylic acids is 1. The lowest BCUT2D eigenvalue weighted by Gasteiger charge is -2.24. The third kappa shape index (κ3) is 5.11. The number of carbonyl (C=O) groups is 1. The van der Waals surface area contributed by atoms with Crippen molar-refractivity contribution in [1.82, 2.24) is 25.3 Å². The molecule has 188 valence electrons. The van der Waals surface area contributed by atoms with Gasteiger partial charge in [0.2, 0.25) is 0 Å². The maximum Gasteiger partial charge on any atom is 0.408 e. The number of para-hydroxylation sites is 1. The Labute approximate surface area is 211 Å². The minimum Gasteiger partial charge on any atom is -0.444 e. The molecule has 0 aliphatic carbocycles. The zero-order valence-corrected chi connectivity index (χ0v) is 22.8. The number of fused-ring (bicyclic) bond motifs is 1. The molecule has 9 heteroatoms. The van der Waals surface area contributed by atoms with Crippen molar-refractivity contribution in [3.05, 3.63) is 70.6 Å². The van der Waals surface area contributed by atoms with E-state index in [1.165, 1.54) is 0 Å². The molecule has 0 saturated carbocycles. The second-order valence-corrected chi connectivity index (χ2v) is 15.9. The number of aromatic nitrogens is 4. The Bertz CT molecular complexity index is 1460. The maximum atomic E-state index is 14.2. The van der Waals surface area contributed by atoms with Crippen LogP contribution in [0.4, 0.5) is 4.79 Å². The van der Waals surface area contributed by atoms with E-state index >= 15 is 0 Å². The fourth-order valence-corrected chi connectivity index (χ4v) is 5.53. The number of ether oxygens (including phenoxy) is 1. The van der Waals surface area contributed by atoms with E-state index in [2.05, 4.69) is 40.4 Å². The number of nitrogens with zero attached hydrogens (tertiary/aromatic N) is 3. The lowest BCUT2D eigenvalue weighted by atomic mass is 10.0. The van der Waals surface area contributed by atoms with Crippen molar-refractivity contribution < 1.29 is 9.53 Å². The first-order valence-electron chi connectivity index (χ1n) is 12.0. The van der Waals surface area contributed by atoms with Crippen molar-refractivity contribution in [2.24, 2.45) is 0 Å². The van der Waals surface area contributed by atoms with Crippen molar-refractivity contribution in [2.45, 2.75) is 59.0 Å². The Morgan fingerprint density at radius 3 is 2.39 bits per heavy atom. The summed E-state index contributed by atoms with van der Waals surface area (Å²) in [4.78, 5) is 26.8. The zero-order chi connectivity index (χ0) is 26.3. The van der Waals surface area contributed by atoms with E-state index in [1.54, 1.807) is 4.57 Å². The van der Waals surface area contributed by atoms with Crippen LogP contribution in [0.5, 0.6) is 0 Å². The van der Waals surface area contributed by atoms with E-state index in [9.17, 15) is 9.59 Å². The number of hydrogen-bond acceptors (Lipinski definition) is 5. The van der Waals surface area contributed by atoms with Crippen LogP contribution in [0.3, 0.4) is 0 Å². The molecule has 0 aliphatic heterocycles. The number of hydrogen-bond donors (Lipinski definition) is 2. The van der Waals surface area contributed by atoms with E-state index < -0.39 is 25.8 Å². The van der Waals surface area contributed by atoms with Gasteiger partial charge in [-0.15, -0.1) is 0 Å². The van der Waals surface area contributed by atoms with Crippen LogP contribution in [0.25, 0.3) is 27.7 Å². The van der Waals surface area contributed by atoms with Gasteiger partial charge in [0.1, 0.15) is 19.4 Å². The number of rotatable bonds is 5. The molecule has 36 heavy (non-hydrogen) atoms. The lowest BCUT2D eigenvalue weighted by molar-refractivity contribution is 0.0506. The van der Waals surface area contributed by atoms with E-state index in [4.69, 9.17) is 4.74 Å². The number of H-pyrrole nitrogens is 1. The maximum absolute atomic E-state index is 14.2. The first-order valence-corrected chi connectivity index (χ1v) is 15.5. The highest BCUT2D eigenvalue weighted by Gasteiger charge is 2.28. The van der Waals surface area contributed by atoms with Crippen LogP contribution in [0.1, 0.15) is 39.4 Å².